The number of hydrogen-bond donors (Lipinski definition) is 1. The van der Waals surface area contributed by atoms with Crippen LogP contribution in [0.4, 0.5) is 13.2 Å². The van der Waals surface area contributed by atoms with E-state index in [9.17, 15) is 23.1 Å². The summed E-state index contributed by atoms with van der Waals surface area (Å²) in [5, 5.41) is 14.1. The summed E-state index contributed by atoms with van der Waals surface area (Å²) in [5.74, 6) is 2.63. The van der Waals surface area contributed by atoms with E-state index in [-0.39, 0.29) is 47.7 Å². The van der Waals surface area contributed by atoms with Gasteiger partial charge in [0, 0.05) is 35.8 Å². The molecular formula is C32H34F3N5O3. The highest BCUT2D eigenvalue weighted by Gasteiger charge is 2.39. The summed E-state index contributed by atoms with van der Waals surface area (Å²) in [7, 11) is 3.32. The summed E-state index contributed by atoms with van der Waals surface area (Å²) in [5.41, 5.74) is 0.702. The molecule has 1 unspecified atom stereocenters. The highest BCUT2D eigenvalue weighted by atomic mass is 19.4. The lowest BCUT2D eigenvalue weighted by Gasteiger charge is -2.32. The number of terminal acetylenes is 1. The first-order valence-corrected chi connectivity index (χ1v) is 13.7. The molecule has 2 heterocycles. The Hall–Kier alpha value is -4.40. The lowest BCUT2D eigenvalue weighted by molar-refractivity contribution is -0.143. The van der Waals surface area contributed by atoms with Crippen molar-refractivity contribution in [1.82, 2.24) is 24.4 Å². The summed E-state index contributed by atoms with van der Waals surface area (Å²) in [6, 6.07) is 13.2. The highest BCUT2D eigenvalue weighted by molar-refractivity contribution is 6.00. The van der Waals surface area contributed by atoms with E-state index >= 15 is 0 Å². The Morgan fingerprint density at radius 3 is 2.44 bits per heavy atom. The smallest absolute Gasteiger partial charge is 0.433 e. The van der Waals surface area contributed by atoms with Crippen molar-refractivity contribution in [2.75, 3.05) is 33.9 Å². The van der Waals surface area contributed by atoms with Gasteiger partial charge in [-0.05, 0) is 69.8 Å². The van der Waals surface area contributed by atoms with Gasteiger partial charge < -0.3 is 14.7 Å². The van der Waals surface area contributed by atoms with Gasteiger partial charge in [-0.15, -0.1) is 6.42 Å². The summed E-state index contributed by atoms with van der Waals surface area (Å²) in [6.07, 6.45) is 1.92. The van der Waals surface area contributed by atoms with Crippen LogP contribution in [0, 0.1) is 19.3 Å². The van der Waals surface area contributed by atoms with Crippen molar-refractivity contribution in [3.8, 4) is 29.4 Å². The lowest BCUT2D eigenvalue weighted by Crippen LogP contribution is -2.43. The van der Waals surface area contributed by atoms with E-state index in [2.05, 4.69) is 16.0 Å². The standard InChI is InChI=1S/C32H34F3N5O3/c1-7-22-9-8-10-24(17-22)27(19-41)38(5)15-16-39(20(2)3)31(42)26-18-36-40-29(32(33,34)35)21(4)28(37-30(26)40)23-11-13-25(43-6)14-12-23/h1,8-14,17-18,20,27,41H,15-16,19H2,2-6H3. The second-order valence-corrected chi connectivity index (χ2v) is 10.5. The van der Waals surface area contributed by atoms with Gasteiger partial charge in [0.15, 0.2) is 11.3 Å². The monoisotopic (exact) mass is 593 g/mol. The summed E-state index contributed by atoms with van der Waals surface area (Å²) >= 11 is 0. The number of ether oxygens (including phenoxy) is 1. The number of aliphatic hydroxyl groups excluding tert-OH is 1. The molecule has 0 aliphatic heterocycles. The number of fused-ring (bicyclic) bond motifs is 1. The quantitative estimate of drug-likeness (QED) is 0.254. The van der Waals surface area contributed by atoms with Crippen LogP contribution < -0.4 is 4.74 Å². The number of rotatable bonds is 10. The molecule has 0 saturated heterocycles. The van der Waals surface area contributed by atoms with Crippen molar-refractivity contribution in [1.29, 1.82) is 0 Å². The zero-order valence-electron chi connectivity index (χ0n) is 24.7. The number of aliphatic hydroxyl groups is 1. The van der Waals surface area contributed by atoms with Crippen LogP contribution in [-0.4, -0.2) is 75.3 Å². The zero-order valence-corrected chi connectivity index (χ0v) is 24.7. The minimum atomic E-state index is -4.75. The molecular weight excluding hydrogens is 559 g/mol. The maximum absolute atomic E-state index is 14.4. The molecule has 43 heavy (non-hydrogen) atoms. The third-order valence-corrected chi connectivity index (χ3v) is 7.47. The van der Waals surface area contributed by atoms with Gasteiger partial charge in [-0.2, -0.15) is 18.3 Å². The van der Waals surface area contributed by atoms with E-state index < -0.39 is 17.8 Å². The van der Waals surface area contributed by atoms with Gasteiger partial charge in [0.25, 0.3) is 5.91 Å². The van der Waals surface area contributed by atoms with Crippen LogP contribution in [0.25, 0.3) is 16.9 Å². The largest absolute Gasteiger partial charge is 0.497 e. The fraction of sp³-hybridized carbons (Fsp3) is 0.344. The van der Waals surface area contributed by atoms with Crippen molar-refractivity contribution >= 4 is 11.6 Å². The maximum Gasteiger partial charge on any atom is 0.433 e. The second kappa shape index (κ2) is 12.9. The van der Waals surface area contributed by atoms with E-state index in [1.165, 1.54) is 14.0 Å². The normalized spacial score (nSPS) is 12.5. The fourth-order valence-electron chi connectivity index (χ4n) is 5.09. The molecule has 4 aromatic rings. The van der Waals surface area contributed by atoms with Gasteiger partial charge in [0.2, 0.25) is 0 Å². The first kappa shape index (κ1) is 31.5. The van der Waals surface area contributed by atoms with E-state index in [1.807, 2.05) is 44.0 Å². The molecule has 1 atom stereocenters. The van der Waals surface area contributed by atoms with Gasteiger partial charge in [-0.25, -0.2) is 9.50 Å². The molecule has 0 radical (unpaired) electrons. The molecule has 2 aromatic carbocycles. The fourth-order valence-corrected chi connectivity index (χ4v) is 5.09. The number of aromatic nitrogens is 3. The van der Waals surface area contributed by atoms with Gasteiger partial charge in [-0.3, -0.25) is 9.69 Å². The van der Waals surface area contributed by atoms with Gasteiger partial charge in [0.05, 0.1) is 31.6 Å². The molecule has 0 aliphatic carbocycles. The highest BCUT2D eigenvalue weighted by Crippen LogP contribution is 2.37. The van der Waals surface area contributed by atoms with Crippen molar-refractivity contribution in [2.45, 2.75) is 39.0 Å². The topological polar surface area (TPSA) is 83.2 Å². The number of benzene rings is 2. The number of amides is 1. The van der Waals surface area contributed by atoms with Crippen molar-refractivity contribution in [3.63, 3.8) is 0 Å². The average Bonchev–Trinajstić information content (AvgIpc) is 3.39. The SMILES string of the molecule is C#Cc1cccc(C(CO)N(C)CCN(C(=O)c2cnn3c(C(F)(F)F)c(C)c(-c4ccc(OC)cc4)nc23)C(C)C)c1. The molecule has 11 heteroatoms. The first-order valence-electron chi connectivity index (χ1n) is 13.7. The molecule has 8 nitrogen and oxygen atoms in total. The predicted octanol–water partition coefficient (Wildman–Crippen LogP) is 5.23. The van der Waals surface area contributed by atoms with Gasteiger partial charge >= 0.3 is 6.18 Å². The molecule has 2 aromatic heterocycles. The molecule has 0 aliphatic rings. The van der Waals surface area contributed by atoms with E-state index in [0.717, 1.165) is 11.8 Å². The minimum absolute atomic E-state index is 0.0444. The summed E-state index contributed by atoms with van der Waals surface area (Å²) in [4.78, 5) is 21.9. The number of hydrogen-bond acceptors (Lipinski definition) is 6. The minimum Gasteiger partial charge on any atom is -0.497 e. The molecule has 0 bridgehead atoms. The van der Waals surface area contributed by atoms with Crippen LogP contribution >= 0.6 is 0 Å². The lowest BCUT2D eigenvalue weighted by atomic mass is 10.0. The predicted molar refractivity (Wildman–Crippen MR) is 158 cm³/mol. The first-order chi connectivity index (χ1) is 20.4. The molecule has 0 saturated carbocycles. The zero-order chi connectivity index (χ0) is 31.5. The van der Waals surface area contributed by atoms with Crippen LogP contribution in [0.5, 0.6) is 5.75 Å². The van der Waals surface area contributed by atoms with E-state index in [1.54, 1.807) is 35.2 Å². The number of nitrogens with zero attached hydrogens (tertiary/aromatic N) is 5. The van der Waals surface area contributed by atoms with Crippen molar-refractivity contribution < 1.29 is 27.8 Å². The Morgan fingerprint density at radius 1 is 1.16 bits per heavy atom. The van der Waals surface area contributed by atoms with Crippen molar-refractivity contribution in [2.24, 2.45) is 0 Å². The van der Waals surface area contributed by atoms with Crippen LogP contribution in [0.1, 0.15) is 52.6 Å². The Morgan fingerprint density at radius 2 is 1.86 bits per heavy atom. The number of methoxy groups -OCH3 is 1. The van der Waals surface area contributed by atoms with E-state index in [4.69, 9.17) is 11.2 Å². The number of halogens is 3. The second-order valence-electron chi connectivity index (χ2n) is 10.5. The molecule has 1 N–H and O–H groups in total. The average molecular weight is 594 g/mol. The number of likely N-dealkylation sites (N-methyl/N-ethyl adjacent to an activating group) is 1. The third kappa shape index (κ3) is 6.50. The molecule has 1 amide bonds. The molecule has 226 valence electrons. The number of carbonyl (C=O) groups excluding carboxylic acids is 1. The van der Waals surface area contributed by atoms with Crippen LogP contribution in [-0.2, 0) is 6.18 Å². The van der Waals surface area contributed by atoms with Crippen LogP contribution in [0.15, 0.2) is 54.7 Å². The molecule has 4 rings (SSSR count). The van der Waals surface area contributed by atoms with Crippen LogP contribution in [0.2, 0.25) is 0 Å². The maximum atomic E-state index is 14.4. The Bertz CT molecular complexity index is 1640. The van der Waals surface area contributed by atoms with Crippen molar-refractivity contribution in [3.05, 3.63) is 82.7 Å². The third-order valence-electron chi connectivity index (χ3n) is 7.47. The Kier molecular flexibility index (Phi) is 9.43. The van der Waals surface area contributed by atoms with Crippen LogP contribution in [0.3, 0.4) is 0 Å². The number of carbonyl (C=O) groups is 1. The van der Waals surface area contributed by atoms with Gasteiger partial charge in [-0.1, -0.05) is 18.1 Å². The van der Waals surface area contributed by atoms with E-state index in [0.29, 0.717) is 27.9 Å². The van der Waals surface area contributed by atoms with Gasteiger partial charge in [0.1, 0.15) is 11.3 Å². The Balaban J connectivity index is 1.70. The number of alkyl halides is 3. The summed E-state index contributed by atoms with van der Waals surface area (Å²) < 4.78 is 48.9. The molecule has 0 fully saturated rings. The molecule has 0 spiro atoms. The Labute approximate surface area is 248 Å². The summed E-state index contributed by atoms with van der Waals surface area (Å²) in [6.45, 7) is 5.41.